The molecule has 0 fully saturated rings. The molecule has 1 aliphatic heterocycles. The number of nitrogens with zero attached hydrogens (tertiary/aromatic N) is 1. The van der Waals surface area contributed by atoms with E-state index in [1.54, 1.807) is 36.4 Å². The van der Waals surface area contributed by atoms with Gasteiger partial charge in [0.1, 0.15) is 28.0 Å². The monoisotopic (exact) mass is 520 g/mol. The second kappa shape index (κ2) is 10.5. The molecule has 2 amide bonds. The molecule has 9 nitrogen and oxygen atoms in total. The fraction of sp³-hybridized carbons (Fsp3) is 0.111. The average Bonchev–Trinajstić information content (AvgIpc) is 3.11. The van der Waals surface area contributed by atoms with Crippen molar-refractivity contribution < 1.29 is 33.4 Å². The number of hydrogen-bond acceptors (Lipinski definition) is 8. The molecule has 0 aliphatic carbocycles. The highest BCUT2D eigenvalue weighted by Crippen LogP contribution is 2.37. The molecule has 3 aromatic carbocycles. The number of hydrogen-bond donors (Lipinski definition) is 1. The summed E-state index contributed by atoms with van der Waals surface area (Å²) in [5.74, 6) is -1.05. The Labute approximate surface area is 217 Å². The first-order chi connectivity index (χ1) is 17.7. The molecule has 0 saturated heterocycles. The minimum Gasteiger partial charge on any atom is -0.497 e. The highest BCUT2D eigenvalue weighted by atomic mass is 35.5. The number of methoxy groups -OCH3 is 2. The Hall–Kier alpha value is -4.63. The highest BCUT2D eigenvalue weighted by molar-refractivity contribution is 6.53. The van der Waals surface area contributed by atoms with Crippen LogP contribution in [0.1, 0.15) is 27.6 Å². The number of imide groups is 1. The fourth-order valence-electron chi connectivity index (χ4n) is 3.56. The minimum atomic E-state index is -0.714. The van der Waals surface area contributed by atoms with Crippen molar-refractivity contribution in [3.63, 3.8) is 0 Å². The lowest BCUT2D eigenvalue weighted by Crippen LogP contribution is -2.32. The smallest absolute Gasteiger partial charge is 0.343 e. The first-order valence-corrected chi connectivity index (χ1v) is 11.3. The number of carbonyl (C=O) groups excluding carboxylic acids is 4. The van der Waals surface area contributed by atoms with Gasteiger partial charge in [-0.3, -0.25) is 14.4 Å². The number of benzene rings is 3. The number of ketones is 1. The van der Waals surface area contributed by atoms with Crippen LogP contribution in [-0.4, -0.2) is 37.8 Å². The highest BCUT2D eigenvalue weighted by Gasteiger charge is 2.40. The molecule has 0 bridgehead atoms. The molecule has 188 valence electrons. The van der Waals surface area contributed by atoms with E-state index in [0.717, 1.165) is 4.90 Å². The van der Waals surface area contributed by atoms with E-state index in [0.29, 0.717) is 22.7 Å². The van der Waals surface area contributed by atoms with Gasteiger partial charge in [0.15, 0.2) is 5.78 Å². The van der Waals surface area contributed by atoms with Crippen molar-refractivity contribution in [2.45, 2.75) is 6.92 Å². The molecule has 0 saturated carbocycles. The molecule has 0 atom stereocenters. The lowest BCUT2D eigenvalue weighted by atomic mass is 10.1. The van der Waals surface area contributed by atoms with Crippen molar-refractivity contribution in [3.05, 3.63) is 88.6 Å². The van der Waals surface area contributed by atoms with Gasteiger partial charge in [0.25, 0.3) is 11.8 Å². The molecular weight excluding hydrogens is 500 g/mol. The Morgan fingerprint density at radius 2 is 1.43 bits per heavy atom. The van der Waals surface area contributed by atoms with Crippen LogP contribution in [0.2, 0.25) is 0 Å². The van der Waals surface area contributed by atoms with Gasteiger partial charge in [-0.25, -0.2) is 9.69 Å². The van der Waals surface area contributed by atoms with Crippen molar-refractivity contribution in [1.29, 1.82) is 0 Å². The summed E-state index contributed by atoms with van der Waals surface area (Å²) in [6, 6.07) is 16.9. The van der Waals surface area contributed by atoms with Gasteiger partial charge >= 0.3 is 5.97 Å². The normalized spacial score (nSPS) is 13.0. The van der Waals surface area contributed by atoms with E-state index < -0.39 is 17.8 Å². The summed E-state index contributed by atoms with van der Waals surface area (Å²) in [7, 11) is 2.89. The largest absolute Gasteiger partial charge is 0.497 e. The summed E-state index contributed by atoms with van der Waals surface area (Å²) in [5, 5.41) is 2.56. The number of Topliss-reactive ketones (excluding diaryl/α,β-unsaturated/α-hetero) is 1. The zero-order valence-corrected chi connectivity index (χ0v) is 20.8. The number of anilines is 2. The summed E-state index contributed by atoms with van der Waals surface area (Å²) in [6.45, 7) is 1.45. The predicted molar refractivity (Wildman–Crippen MR) is 136 cm³/mol. The van der Waals surface area contributed by atoms with Gasteiger partial charge in [0.05, 0.1) is 25.5 Å². The van der Waals surface area contributed by atoms with E-state index in [1.807, 2.05) is 0 Å². The third-order valence-electron chi connectivity index (χ3n) is 5.52. The molecule has 0 unspecified atom stereocenters. The van der Waals surface area contributed by atoms with Crippen molar-refractivity contribution in [2.24, 2.45) is 0 Å². The van der Waals surface area contributed by atoms with E-state index in [-0.39, 0.29) is 33.5 Å². The first kappa shape index (κ1) is 25.5. The first-order valence-electron chi connectivity index (χ1n) is 10.9. The van der Waals surface area contributed by atoms with Gasteiger partial charge in [-0.2, -0.15) is 0 Å². The Bertz CT molecular complexity index is 1430. The number of amides is 2. The molecular formula is C27H21ClN2O7. The second-order valence-electron chi connectivity index (χ2n) is 7.84. The summed E-state index contributed by atoms with van der Waals surface area (Å²) in [6.07, 6.45) is 0. The Balaban J connectivity index is 1.48. The zero-order valence-electron chi connectivity index (χ0n) is 20.0. The van der Waals surface area contributed by atoms with Crippen LogP contribution in [0.15, 0.2) is 77.5 Å². The number of esters is 1. The molecule has 0 radical (unpaired) electrons. The average molecular weight is 521 g/mol. The van der Waals surface area contributed by atoms with Crippen LogP contribution in [0.5, 0.6) is 17.2 Å². The van der Waals surface area contributed by atoms with Crippen LogP contribution < -0.4 is 24.4 Å². The van der Waals surface area contributed by atoms with Gasteiger partial charge < -0.3 is 19.5 Å². The summed E-state index contributed by atoms with van der Waals surface area (Å²) < 4.78 is 15.8. The van der Waals surface area contributed by atoms with Gasteiger partial charge in [-0.1, -0.05) is 11.6 Å². The third kappa shape index (κ3) is 5.17. The molecule has 37 heavy (non-hydrogen) atoms. The molecule has 0 aromatic heterocycles. The van der Waals surface area contributed by atoms with Gasteiger partial charge in [0, 0.05) is 17.3 Å². The summed E-state index contributed by atoms with van der Waals surface area (Å²) in [4.78, 5) is 50.7. The number of ether oxygens (including phenoxy) is 3. The number of nitrogens with one attached hydrogen (secondary N) is 1. The lowest BCUT2D eigenvalue weighted by Gasteiger charge is -2.18. The van der Waals surface area contributed by atoms with Crippen LogP contribution >= 0.6 is 11.6 Å². The molecule has 1 aliphatic rings. The van der Waals surface area contributed by atoms with E-state index in [2.05, 4.69) is 5.32 Å². The Kier molecular flexibility index (Phi) is 7.26. The number of carbonyl (C=O) groups is 4. The summed E-state index contributed by atoms with van der Waals surface area (Å²) in [5.41, 5.74) is 1.26. The van der Waals surface area contributed by atoms with Crippen LogP contribution in [0.4, 0.5) is 11.4 Å². The maximum atomic E-state index is 13.1. The molecule has 1 heterocycles. The van der Waals surface area contributed by atoms with Crippen LogP contribution in [-0.2, 0) is 9.59 Å². The molecule has 1 N–H and O–H groups in total. The fourth-order valence-corrected chi connectivity index (χ4v) is 3.77. The van der Waals surface area contributed by atoms with Crippen molar-refractivity contribution in [1.82, 2.24) is 0 Å². The van der Waals surface area contributed by atoms with Gasteiger partial charge in [-0.15, -0.1) is 0 Å². The maximum absolute atomic E-state index is 13.1. The van der Waals surface area contributed by atoms with Crippen molar-refractivity contribution in [3.8, 4) is 17.2 Å². The van der Waals surface area contributed by atoms with E-state index in [9.17, 15) is 19.2 Å². The topological polar surface area (TPSA) is 111 Å². The number of rotatable bonds is 8. The standard InChI is InChI=1S/C27H21ClN2O7/c1-15(31)16-6-10-19(11-7-16)37-27(34)17-4-8-18(9-5-17)29-24-23(28)25(32)30(26(24)33)21-13-12-20(35-2)14-22(21)36-3/h4-14,29H,1-3H3. The minimum absolute atomic E-state index is 0.0927. The van der Waals surface area contributed by atoms with Gasteiger partial charge in [0.2, 0.25) is 0 Å². The zero-order chi connectivity index (χ0) is 26.7. The SMILES string of the molecule is COc1ccc(N2C(=O)C(Cl)=C(Nc3ccc(C(=O)Oc4ccc(C(C)=O)cc4)cc3)C2=O)c(OC)c1. The second-order valence-corrected chi connectivity index (χ2v) is 8.22. The Morgan fingerprint density at radius 3 is 2.03 bits per heavy atom. The molecule has 10 heteroatoms. The van der Waals surface area contributed by atoms with E-state index >= 15 is 0 Å². The third-order valence-corrected chi connectivity index (χ3v) is 5.87. The number of halogens is 1. The van der Waals surface area contributed by atoms with E-state index in [4.69, 9.17) is 25.8 Å². The lowest BCUT2D eigenvalue weighted by molar-refractivity contribution is -0.120. The van der Waals surface area contributed by atoms with Crippen LogP contribution in [0, 0.1) is 0 Å². The predicted octanol–water partition coefficient (Wildman–Crippen LogP) is 4.56. The molecule has 4 rings (SSSR count). The Morgan fingerprint density at radius 1 is 0.811 bits per heavy atom. The van der Waals surface area contributed by atoms with Gasteiger partial charge in [-0.05, 0) is 67.6 Å². The van der Waals surface area contributed by atoms with Crippen molar-refractivity contribution >= 4 is 46.5 Å². The van der Waals surface area contributed by atoms with Crippen molar-refractivity contribution in [2.75, 3.05) is 24.4 Å². The molecule has 0 spiro atoms. The van der Waals surface area contributed by atoms with E-state index in [1.165, 1.54) is 51.5 Å². The van der Waals surface area contributed by atoms with Crippen LogP contribution in [0.25, 0.3) is 0 Å². The maximum Gasteiger partial charge on any atom is 0.343 e. The quantitative estimate of drug-likeness (QED) is 0.199. The summed E-state index contributed by atoms with van der Waals surface area (Å²) >= 11 is 6.22. The van der Waals surface area contributed by atoms with Crippen LogP contribution in [0.3, 0.4) is 0 Å². The molecule has 3 aromatic rings.